The minimum atomic E-state index is -0.315. The third-order valence-corrected chi connectivity index (χ3v) is 4.01. The molecular weight excluding hydrogens is 311 g/mol. The van der Waals surface area contributed by atoms with Gasteiger partial charge in [-0.2, -0.15) is 0 Å². The predicted molar refractivity (Wildman–Crippen MR) is 89.9 cm³/mol. The lowest BCUT2D eigenvalue weighted by Crippen LogP contribution is -2.32. The highest BCUT2D eigenvalue weighted by Gasteiger charge is 2.25. The highest BCUT2D eigenvalue weighted by Crippen LogP contribution is 2.24. The Hall–Kier alpha value is -2.41. The lowest BCUT2D eigenvalue weighted by Gasteiger charge is -2.24. The third kappa shape index (κ3) is 4.11. The van der Waals surface area contributed by atoms with Crippen molar-refractivity contribution in [1.82, 2.24) is 9.97 Å². The number of hydrogen-bond acceptors (Lipinski definition) is 6. The van der Waals surface area contributed by atoms with Gasteiger partial charge in [0, 0.05) is 18.7 Å². The number of aliphatic hydroxyl groups excluding tert-OH is 1. The average Bonchev–Trinajstić information content (AvgIpc) is 3.08. The summed E-state index contributed by atoms with van der Waals surface area (Å²) >= 11 is 0. The second-order valence-corrected chi connectivity index (χ2v) is 5.67. The van der Waals surface area contributed by atoms with Crippen molar-refractivity contribution in [2.24, 2.45) is 0 Å². The van der Waals surface area contributed by atoms with E-state index < -0.39 is 0 Å². The fourth-order valence-corrected chi connectivity index (χ4v) is 2.83. The molecule has 128 valence electrons. The van der Waals surface area contributed by atoms with Crippen LogP contribution in [0.3, 0.4) is 0 Å². The highest BCUT2D eigenvalue weighted by molar-refractivity contribution is 5.49. The van der Waals surface area contributed by atoms with E-state index in [1.165, 1.54) is 18.5 Å². The van der Waals surface area contributed by atoms with E-state index >= 15 is 0 Å². The number of halogens is 1. The zero-order valence-electron chi connectivity index (χ0n) is 13.4. The van der Waals surface area contributed by atoms with Gasteiger partial charge in [0.25, 0.3) is 0 Å². The van der Waals surface area contributed by atoms with Gasteiger partial charge in [-0.25, -0.2) is 14.4 Å². The Bertz CT molecular complexity index is 671. The molecule has 1 atom stereocenters. The summed E-state index contributed by atoms with van der Waals surface area (Å²) in [6.07, 6.45) is 3.54. The number of nitrogens with zero attached hydrogens (tertiary/aromatic N) is 3. The molecular formula is C17H21FN4O2. The van der Waals surface area contributed by atoms with Crippen molar-refractivity contribution in [1.29, 1.82) is 0 Å². The Balaban J connectivity index is 1.51. The quantitative estimate of drug-likeness (QED) is 0.757. The molecule has 1 aromatic heterocycles. The molecule has 0 aliphatic carbocycles. The summed E-state index contributed by atoms with van der Waals surface area (Å²) in [6, 6.07) is 8.06. The van der Waals surface area contributed by atoms with Crippen LogP contribution in [0.4, 0.5) is 16.0 Å². The second-order valence-electron chi connectivity index (χ2n) is 5.67. The van der Waals surface area contributed by atoms with Crippen molar-refractivity contribution in [3.8, 4) is 5.75 Å². The molecule has 7 heteroatoms. The molecule has 0 amide bonds. The van der Waals surface area contributed by atoms with Gasteiger partial charge in [-0.1, -0.05) is 6.07 Å². The van der Waals surface area contributed by atoms with E-state index in [1.807, 2.05) is 6.07 Å². The molecule has 0 bridgehead atoms. The molecule has 0 spiro atoms. The molecule has 0 radical (unpaired) electrons. The number of nitrogens with one attached hydrogen (secondary N) is 1. The maximum Gasteiger partial charge on any atom is 0.134 e. The first-order valence-corrected chi connectivity index (χ1v) is 8.08. The summed E-state index contributed by atoms with van der Waals surface area (Å²) in [5.74, 6) is 1.70. The molecule has 1 aliphatic heterocycles. The van der Waals surface area contributed by atoms with Gasteiger partial charge in [-0.05, 0) is 25.0 Å². The zero-order valence-corrected chi connectivity index (χ0v) is 13.4. The molecule has 2 N–H and O–H groups in total. The number of benzene rings is 1. The Morgan fingerprint density at radius 3 is 3.08 bits per heavy atom. The normalized spacial score (nSPS) is 17.1. The first-order chi connectivity index (χ1) is 11.8. The topological polar surface area (TPSA) is 70.5 Å². The molecule has 1 aromatic carbocycles. The first-order valence-electron chi connectivity index (χ1n) is 8.08. The molecule has 1 unspecified atom stereocenters. The van der Waals surface area contributed by atoms with Crippen molar-refractivity contribution in [2.45, 2.75) is 18.9 Å². The summed E-state index contributed by atoms with van der Waals surface area (Å²) in [6.45, 7) is 1.96. The van der Waals surface area contributed by atoms with E-state index in [0.29, 0.717) is 24.7 Å². The van der Waals surface area contributed by atoms with Crippen LogP contribution in [0.25, 0.3) is 0 Å². The van der Waals surface area contributed by atoms with Crippen LogP contribution in [0, 0.1) is 5.82 Å². The van der Waals surface area contributed by atoms with Gasteiger partial charge in [-0.3, -0.25) is 0 Å². The van der Waals surface area contributed by atoms with E-state index in [0.717, 1.165) is 25.2 Å². The number of rotatable bonds is 7. The smallest absolute Gasteiger partial charge is 0.134 e. The Labute approximate surface area is 140 Å². The average molecular weight is 332 g/mol. The van der Waals surface area contributed by atoms with Crippen molar-refractivity contribution < 1.29 is 14.2 Å². The van der Waals surface area contributed by atoms with Gasteiger partial charge in [0.15, 0.2) is 0 Å². The van der Waals surface area contributed by atoms with Crippen molar-refractivity contribution in [2.75, 3.05) is 36.5 Å². The molecule has 1 fully saturated rings. The van der Waals surface area contributed by atoms with E-state index in [2.05, 4.69) is 20.2 Å². The van der Waals surface area contributed by atoms with Crippen LogP contribution in [-0.4, -0.2) is 47.4 Å². The number of ether oxygens (including phenoxy) is 1. The van der Waals surface area contributed by atoms with Crippen LogP contribution in [-0.2, 0) is 0 Å². The van der Waals surface area contributed by atoms with Gasteiger partial charge >= 0.3 is 0 Å². The van der Waals surface area contributed by atoms with Gasteiger partial charge < -0.3 is 20.1 Å². The maximum absolute atomic E-state index is 13.1. The molecule has 1 saturated heterocycles. The number of aliphatic hydroxyl groups is 1. The predicted octanol–water partition coefficient (Wildman–Crippen LogP) is 2.07. The first kappa shape index (κ1) is 16.4. The lowest BCUT2D eigenvalue weighted by molar-refractivity contribution is 0.266. The number of aromatic nitrogens is 2. The minimum absolute atomic E-state index is 0.129. The summed E-state index contributed by atoms with van der Waals surface area (Å²) in [5, 5.41) is 12.6. The van der Waals surface area contributed by atoms with E-state index in [1.54, 1.807) is 12.1 Å². The molecule has 1 aliphatic rings. The SMILES string of the molecule is OCC1CCCN1c1cc(NCCOc2cccc(F)c2)ncn1. The maximum atomic E-state index is 13.1. The standard InChI is InChI=1S/C17H21FN4O2/c18-13-3-1-5-15(9-13)24-8-6-19-16-10-17(21-12-20-16)22-7-2-4-14(22)11-23/h1,3,5,9-10,12,14,23H,2,4,6-8,11H2,(H,19,20,21). The van der Waals surface area contributed by atoms with E-state index in [4.69, 9.17) is 4.74 Å². The number of hydrogen-bond donors (Lipinski definition) is 2. The molecule has 2 aromatic rings. The molecule has 0 saturated carbocycles. The zero-order chi connectivity index (χ0) is 16.8. The Kier molecular flexibility index (Phi) is 5.43. The fraction of sp³-hybridized carbons (Fsp3) is 0.412. The summed E-state index contributed by atoms with van der Waals surface area (Å²) in [4.78, 5) is 10.6. The molecule has 24 heavy (non-hydrogen) atoms. The Morgan fingerprint density at radius 2 is 2.25 bits per heavy atom. The van der Waals surface area contributed by atoms with Gasteiger partial charge in [0.2, 0.25) is 0 Å². The van der Waals surface area contributed by atoms with E-state index in [9.17, 15) is 9.50 Å². The molecule has 3 rings (SSSR count). The second kappa shape index (κ2) is 7.92. The number of anilines is 2. The largest absolute Gasteiger partial charge is 0.492 e. The fourth-order valence-electron chi connectivity index (χ4n) is 2.83. The van der Waals surface area contributed by atoms with Crippen LogP contribution >= 0.6 is 0 Å². The summed E-state index contributed by atoms with van der Waals surface area (Å²) in [5.41, 5.74) is 0. The van der Waals surface area contributed by atoms with Gasteiger partial charge in [0.1, 0.15) is 36.1 Å². The van der Waals surface area contributed by atoms with Crippen LogP contribution in [0.1, 0.15) is 12.8 Å². The van der Waals surface area contributed by atoms with Gasteiger partial charge in [-0.15, -0.1) is 0 Å². The molecule has 2 heterocycles. The van der Waals surface area contributed by atoms with Crippen LogP contribution in [0.2, 0.25) is 0 Å². The summed E-state index contributed by atoms with van der Waals surface area (Å²) < 4.78 is 18.5. The Morgan fingerprint density at radius 1 is 1.33 bits per heavy atom. The van der Waals surface area contributed by atoms with Crippen molar-refractivity contribution in [3.63, 3.8) is 0 Å². The van der Waals surface area contributed by atoms with Crippen LogP contribution in [0.15, 0.2) is 36.7 Å². The van der Waals surface area contributed by atoms with Crippen molar-refractivity contribution >= 4 is 11.6 Å². The monoisotopic (exact) mass is 332 g/mol. The van der Waals surface area contributed by atoms with E-state index in [-0.39, 0.29) is 18.5 Å². The highest BCUT2D eigenvalue weighted by atomic mass is 19.1. The minimum Gasteiger partial charge on any atom is -0.492 e. The lowest BCUT2D eigenvalue weighted by atomic mass is 10.2. The van der Waals surface area contributed by atoms with Crippen molar-refractivity contribution in [3.05, 3.63) is 42.5 Å². The van der Waals surface area contributed by atoms with Gasteiger partial charge in [0.05, 0.1) is 19.2 Å². The van der Waals surface area contributed by atoms with Crippen LogP contribution in [0.5, 0.6) is 5.75 Å². The van der Waals surface area contributed by atoms with Crippen LogP contribution < -0.4 is 15.0 Å². The molecule has 6 nitrogen and oxygen atoms in total. The summed E-state index contributed by atoms with van der Waals surface area (Å²) in [7, 11) is 0. The third-order valence-electron chi connectivity index (χ3n) is 4.01.